The van der Waals surface area contributed by atoms with Gasteiger partial charge in [-0.2, -0.15) is 5.90 Å². The second kappa shape index (κ2) is 5.78. The van der Waals surface area contributed by atoms with Crippen LogP contribution in [0.2, 0.25) is 0 Å². The highest BCUT2D eigenvalue weighted by atomic mass is 16.7. The van der Waals surface area contributed by atoms with Crippen LogP contribution < -0.4 is 27.1 Å². The number of urea groups is 1. The molecule has 2 rings (SSSR count). The Bertz CT molecular complexity index is 540. The Labute approximate surface area is 114 Å². The van der Waals surface area contributed by atoms with Crippen molar-refractivity contribution in [2.75, 3.05) is 0 Å². The first kappa shape index (κ1) is 14.1. The maximum Gasteiger partial charge on any atom is 0.547 e. The quantitative estimate of drug-likeness (QED) is 0.186. The molecule has 20 heavy (non-hydrogen) atoms. The van der Waals surface area contributed by atoms with Crippen LogP contribution in [0.1, 0.15) is 15.9 Å². The number of amides is 2. The molecular formula is C10H13BN4O5. The minimum Gasteiger partial charge on any atom is -0.534 e. The standard InChI is InChI=1S/C10H13BN4O5/c12-15-10(17)14-7-4-5-2-1-3-6(9(16)20-13)8(5)19-11(7)18/h1-3,7,18H,4,12-13H2,(H2,14,15,17)/t7-/m0/s1. The van der Waals surface area contributed by atoms with Crippen LogP contribution in [-0.4, -0.2) is 30.1 Å². The molecule has 1 aromatic carbocycles. The fourth-order valence-corrected chi connectivity index (χ4v) is 1.98. The van der Waals surface area contributed by atoms with Crippen molar-refractivity contribution < 1.29 is 24.1 Å². The van der Waals surface area contributed by atoms with E-state index in [1.54, 1.807) is 12.1 Å². The van der Waals surface area contributed by atoms with Crippen LogP contribution in [0.25, 0.3) is 0 Å². The van der Waals surface area contributed by atoms with Crippen molar-refractivity contribution in [2.45, 2.75) is 12.4 Å². The molecule has 0 saturated heterocycles. The van der Waals surface area contributed by atoms with Crippen molar-refractivity contribution in [3.05, 3.63) is 29.3 Å². The van der Waals surface area contributed by atoms with E-state index in [1.165, 1.54) is 6.07 Å². The topological polar surface area (TPSA) is 149 Å². The molecular weight excluding hydrogens is 267 g/mol. The van der Waals surface area contributed by atoms with Crippen LogP contribution in [0, 0.1) is 0 Å². The minimum atomic E-state index is -1.33. The van der Waals surface area contributed by atoms with E-state index < -0.39 is 25.1 Å². The van der Waals surface area contributed by atoms with Gasteiger partial charge in [0.1, 0.15) is 11.3 Å². The van der Waals surface area contributed by atoms with Crippen LogP contribution in [0.3, 0.4) is 0 Å². The normalized spacial score (nSPS) is 16.8. The van der Waals surface area contributed by atoms with Gasteiger partial charge in [0.2, 0.25) is 0 Å². The molecule has 0 bridgehead atoms. The number of para-hydroxylation sites is 1. The molecule has 0 fully saturated rings. The number of fused-ring (bicyclic) bond motifs is 1. The summed E-state index contributed by atoms with van der Waals surface area (Å²) in [5, 5.41) is 12.3. The SMILES string of the molecule is NNC(=O)N[C@H]1Cc2cccc(C(=O)ON)c2OB1O. The van der Waals surface area contributed by atoms with Crippen molar-refractivity contribution >= 4 is 19.1 Å². The van der Waals surface area contributed by atoms with Crippen molar-refractivity contribution in [1.82, 2.24) is 10.7 Å². The summed E-state index contributed by atoms with van der Waals surface area (Å²) >= 11 is 0. The van der Waals surface area contributed by atoms with E-state index in [1.807, 2.05) is 5.43 Å². The maximum absolute atomic E-state index is 11.5. The lowest BCUT2D eigenvalue weighted by Gasteiger charge is -2.28. The van der Waals surface area contributed by atoms with E-state index in [0.29, 0.717) is 5.56 Å². The van der Waals surface area contributed by atoms with Gasteiger partial charge in [-0.15, -0.1) is 0 Å². The van der Waals surface area contributed by atoms with Gasteiger partial charge in [-0.25, -0.2) is 15.4 Å². The number of nitrogens with one attached hydrogen (secondary N) is 2. The molecule has 0 saturated carbocycles. The van der Waals surface area contributed by atoms with E-state index in [2.05, 4.69) is 10.2 Å². The molecule has 1 aromatic rings. The van der Waals surface area contributed by atoms with Crippen LogP contribution in [0.15, 0.2) is 18.2 Å². The lowest BCUT2D eigenvalue weighted by Crippen LogP contribution is -2.56. The molecule has 1 aliphatic heterocycles. The molecule has 10 heteroatoms. The first-order valence-corrected chi connectivity index (χ1v) is 5.71. The summed E-state index contributed by atoms with van der Waals surface area (Å²) in [6, 6.07) is 4.12. The van der Waals surface area contributed by atoms with Gasteiger partial charge in [0.05, 0.1) is 5.94 Å². The number of hydrogen-bond acceptors (Lipinski definition) is 7. The summed E-state index contributed by atoms with van der Waals surface area (Å²) in [6.07, 6.45) is 0.260. The molecule has 106 valence electrons. The Kier molecular flexibility index (Phi) is 4.08. The molecule has 1 heterocycles. The summed E-state index contributed by atoms with van der Waals surface area (Å²) in [7, 11) is -1.33. The van der Waals surface area contributed by atoms with E-state index in [9.17, 15) is 14.6 Å². The lowest BCUT2D eigenvalue weighted by molar-refractivity contribution is 0.0500. The van der Waals surface area contributed by atoms with Crippen molar-refractivity contribution in [1.29, 1.82) is 0 Å². The highest BCUT2D eigenvalue weighted by molar-refractivity contribution is 6.47. The third-order valence-electron chi connectivity index (χ3n) is 2.89. The zero-order valence-corrected chi connectivity index (χ0v) is 10.3. The van der Waals surface area contributed by atoms with Crippen LogP contribution in [-0.2, 0) is 11.3 Å². The molecule has 0 aliphatic carbocycles. The lowest BCUT2D eigenvalue weighted by atomic mass is 9.72. The van der Waals surface area contributed by atoms with Gasteiger partial charge in [-0.05, 0) is 18.1 Å². The third-order valence-corrected chi connectivity index (χ3v) is 2.89. The molecule has 0 aromatic heterocycles. The zero-order chi connectivity index (χ0) is 14.7. The van der Waals surface area contributed by atoms with E-state index in [4.69, 9.17) is 16.4 Å². The highest BCUT2D eigenvalue weighted by Crippen LogP contribution is 2.30. The summed E-state index contributed by atoms with van der Waals surface area (Å²) in [4.78, 5) is 26.8. The maximum atomic E-state index is 11.5. The summed E-state index contributed by atoms with van der Waals surface area (Å²) in [5.41, 5.74) is 2.62. The average molecular weight is 280 g/mol. The van der Waals surface area contributed by atoms with Crippen LogP contribution >= 0.6 is 0 Å². The van der Waals surface area contributed by atoms with Gasteiger partial charge in [0, 0.05) is 0 Å². The van der Waals surface area contributed by atoms with Crippen molar-refractivity contribution in [3.8, 4) is 5.75 Å². The van der Waals surface area contributed by atoms with Crippen LogP contribution in [0.4, 0.5) is 4.79 Å². The molecule has 9 nitrogen and oxygen atoms in total. The summed E-state index contributed by atoms with van der Waals surface area (Å²) < 4.78 is 5.26. The van der Waals surface area contributed by atoms with E-state index in [-0.39, 0.29) is 17.7 Å². The Balaban J connectivity index is 2.27. The molecule has 1 aliphatic rings. The predicted molar refractivity (Wildman–Crippen MR) is 68.0 cm³/mol. The molecule has 7 N–H and O–H groups in total. The number of carbonyl (C=O) groups is 2. The number of nitrogens with two attached hydrogens (primary N) is 2. The molecule has 2 amide bonds. The number of rotatable bonds is 2. The van der Waals surface area contributed by atoms with Crippen LogP contribution in [0.5, 0.6) is 5.75 Å². The fourth-order valence-electron chi connectivity index (χ4n) is 1.98. The smallest absolute Gasteiger partial charge is 0.534 e. The Morgan fingerprint density at radius 2 is 2.25 bits per heavy atom. The molecule has 0 unspecified atom stereocenters. The van der Waals surface area contributed by atoms with Gasteiger partial charge < -0.3 is 19.8 Å². The summed E-state index contributed by atoms with van der Waals surface area (Å²) in [6.45, 7) is 0. The van der Waals surface area contributed by atoms with Crippen molar-refractivity contribution in [3.63, 3.8) is 0 Å². The van der Waals surface area contributed by atoms with Gasteiger partial charge >= 0.3 is 19.1 Å². The second-order valence-electron chi connectivity index (χ2n) is 4.14. The van der Waals surface area contributed by atoms with Gasteiger partial charge in [0.25, 0.3) is 0 Å². The Hall–Kier alpha value is -2.30. The first-order chi connectivity index (χ1) is 9.56. The van der Waals surface area contributed by atoms with E-state index in [0.717, 1.165) is 0 Å². The molecule has 0 spiro atoms. The second-order valence-corrected chi connectivity index (χ2v) is 4.14. The number of benzene rings is 1. The number of carbonyl (C=O) groups excluding carboxylic acids is 2. The number of hydrogen-bond donors (Lipinski definition) is 5. The molecule has 1 atom stereocenters. The highest BCUT2D eigenvalue weighted by Gasteiger charge is 2.37. The zero-order valence-electron chi connectivity index (χ0n) is 10.3. The fraction of sp³-hybridized carbons (Fsp3) is 0.200. The van der Waals surface area contributed by atoms with E-state index >= 15 is 0 Å². The van der Waals surface area contributed by atoms with Gasteiger partial charge in [-0.3, -0.25) is 5.43 Å². The van der Waals surface area contributed by atoms with Gasteiger partial charge in [0.15, 0.2) is 0 Å². The predicted octanol–water partition coefficient (Wildman–Crippen LogP) is -1.79. The Morgan fingerprint density at radius 3 is 2.90 bits per heavy atom. The minimum absolute atomic E-state index is 0.103. The number of hydrazine groups is 1. The first-order valence-electron chi connectivity index (χ1n) is 5.71. The third kappa shape index (κ3) is 2.66. The average Bonchev–Trinajstić information content (AvgIpc) is 2.46. The Morgan fingerprint density at radius 1 is 1.50 bits per heavy atom. The monoisotopic (exact) mass is 280 g/mol. The molecule has 0 radical (unpaired) electrons. The van der Waals surface area contributed by atoms with Crippen molar-refractivity contribution in [2.24, 2.45) is 11.7 Å². The largest absolute Gasteiger partial charge is 0.547 e. The summed E-state index contributed by atoms with van der Waals surface area (Å²) in [5.74, 6) is 8.49. The van der Waals surface area contributed by atoms with Gasteiger partial charge in [-0.1, -0.05) is 12.1 Å².